The smallest absolute Gasteiger partial charge is 0.210 e. The average molecular weight is 413 g/mol. The normalized spacial score (nSPS) is 12.7. The number of rotatable bonds is 3. The van der Waals surface area contributed by atoms with Gasteiger partial charge in [-0.3, -0.25) is 20.4 Å². The molecule has 0 radical (unpaired) electrons. The minimum Gasteiger partial charge on any atom is -0.365 e. The lowest BCUT2D eigenvalue weighted by molar-refractivity contribution is 0.563. The number of azo groups is 1. The van der Waals surface area contributed by atoms with Crippen LogP contribution in [0.1, 0.15) is 52.9 Å². The molecule has 0 aliphatic carbocycles. The van der Waals surface area contributed by atoms with Crippen molar-refractivity contribution in [3.05, 3.63) is 53.1 Å². The molecule has 9 nitrogen and oxygen atoms in total. The fraction of sp³-hybridized carbons (Fsp3) is 0.364. The largest absolute Gasteiger partial charge is 0.365 e. The predicted molar refractivity (Wildman–Crippen MR) is 117 cm³/mol. The molecule has 31 heavy (non-hydrogen) atoms. The van der Waals surface area contributed by atoms with Crippen LogP contribution < -0.4 is 10.2 Å². The lowest BCUT2D eigenvalue weighted by Gasteiger charge is -2.18. The van der Waals surface area contributed by atoms with Gasteiger partial charge in [0, 0.05) is 11.1 Å². The maximum absolute atomic E-state index is 7.55. The van der Waals surface area contributed by atoms with E-state index in [-0.39, 0.29) is 16.6 Å². The molecule has 3 aromatic heterocycles. The summed E-state index contributed by atoms with van der Waals surface area (Å²) in [6.07, 6.45) is 0. The van der Waals surface area contributed by atoms with Crippen molar-refractivity contribution >= 4 is 22.8 Å². The maximum atomic E-state index is 7.55. The molecule has 0 bridgehead atoms. The lowest BCUT2D eigenvalue weighted by atomic mass is 9.91. The number of fused-ring (bicyclic) bond motifs is 1. The molecule has 0 atom stereocenters. The van der Waals surface area contributed by atoms with Crippen LogP contribution in [0.3, 0.4) is 0 Å². The van der Waals surface area contributed by atoms with Gasteiger partial charge >= 0.3 is 0 Å². The SMILES string of the molecule is [C-]#[N+]c1c(C(C)(C)C)n[n-]c1N=Nc1c(C(C)(C)C)nn2c(-c3ccccc3)n[n-]c12. The van der Waals surface area contributed by atoms with Gasteiger partial charge in [-0.15, -0.1) is 0 Å². The van der Waals surface area contributed by atoms with E-state index in [0.29, 0.717) is 28.5 Å². The summed E-state index contributed by atoms with van der Waals surface area (Å²) in [6.45, 7) is 19.6. The summed E-state index contributed by atoms with van der Waals surface area (Å²) in [6, 6.07) is 9.74. The minimum absolute atomic E-state index is 0.196. The number of aromatic nitrogens is 6. The van der Waals surface area contributed by atoms with E-state index in [4.69, 9.17) is 11.7 Å². The first-order chi connectivity index (χ1) is 14.6. The molecule has 0 spiro atoms. The third-order valence-electron chi connectivity index (χ3n) is 4.77. The average Bonchev–Trinajstić information content (AvgIpc) is 3.39. The van der Waals surface area contributed by atoms with Gasteiger partial charge < -0.3 is 19.8 Å². The lowest BCUT2D eigenvalue weighted by Crippen LogP contribution is -2.12. The standard InChI is InChI=1S/C22H23N9/c1-21(2,3)16-14(23-7)18(27-25-16)26-24-15-17(22(4,5)6)30-31-19(28-29-20(15)31)13-11-9-8-10-12-13/h8-12H,1-6H3/q-2. The van der Waals surface area contributed by atoms with E-state index in [1.165, 1.54) is 0 Å². The summed E-state index contributed by atoms with van der Waals surface area (Å²) < 4.78 is 1.69. The van der Waals surface area contributed by atoms with Crippen LogP contribution in [0.5, 0.6) is 0 Å². The van der Waals surface area contributed by atoms with Crippen molar-refractivity contribution in [2.45, 2.75) is 52.4 Å². The van der Waals surface area contributed by atoms with Crippen molar-refractivity contribution in [2.24, 2.45) is 10.2 Å². The van der Waals surface area contributed by atoms with Gasteiger partial charge in [0.2, 0.25) is 5.69 Å². The van der Waals surface area contributed by atoms with Gasteiger partial charge in [0.15, 0.2) is 0 Å². The first-order valence-electron chi connectivity index (χ1n) is 9.92. The topological polar surface area (TPSA) is 100 Å². The Morgan fingerprint density at radius 3 is 2.19 bits per heavy atom. The van der Waals surface area contributed by atoms with Crippen LogP contribution in [0.15, 0.2) is 40.6 Å². The number of hydrogen-bond acceptors (Lipinski definition) is 5. The Kier molecular flexibility index (Phi) is 4.73. The quantitative estimate of drug-likeness (QED) is 0.336. The molecule has 3 heterocycles. The van der Waals surface area contributed by atoms with Gasteiger partial charge in [-0.2, -0.15) is 0 Å². The van der Waals surface area contributed by atoms with Gasteiger partial charge in [-0.1, -0.05) is 71.9 Å². The van der Waals surface area contributed by atoms with Crippen LogP contribution in [-0.2, 0) is 10.8 Å². The first kappa shape index (κ1) is 20.5. The van der Waals surface area contributed by atoms with E-state index < -0.39 is 0 Å². The van der Waals surface area contributed by atoms with Crippen molar-refractivity contribution in [1.82, 2.24) is 30.0 Å². The first-order valence-corrected chi connectivity index (χ1v) is 9.92. The molecule has 0 unspecified atom stereocenters. The summed E-state index contributed by atoms with van der Waals surface area (Å²) in [4.78, 5) is 3.60. The molecule has 0 aliphatic heterocycles. The van der Waals surface area contributed by atoms with Crippen LogP contribution in [-0.4, -0.2) is 19.8 Å². The van der Waals surface area contributed by atoms with Crippen molar-refractivity contribution in [3.63, 3.8) is 0 Å². The monoisotopic (exact) mass is 413 g/mol. The van der Waals surface area contributed by atoms with Crippen LogP contribution in [0.2, 0.25) is 0 Å². The van der Waals surface area contributed by atoms with Crippen LogP contribution >= 0.6 is 0 Å². The fourth-order valence-corrected chi connectivity index (χ4v) is 3.21. The molecule has 1 aromatic carbocycles. The van der Waals surface area contributed by atoms with Gasteiger partial charge in [-0.25, -0.2) is 4.85 Å². The predicted octanol–water partition coefficient (Wildman–Crippen LogP) is 5.27. The number of nitrogens with zero attached hydrogens (tertiary/aromatic N) is 9. The van der Waals surface area contributed by atoms with Crippen molar-refractivity contribution < 1.29 is 0 Å². The van der Waals surface area contributed by atoms with Crippen LogP contribution in [0, 0.1) is 6.57 Å². The van der Waals surface area contributed by atoms with E-state index in [0.717, 1.165) is 11.3 Å². The number of benzene rings is 1. The summed E-state index contributed by atoms with van der Waals surface area (Å²) >= 11 is 0. The second kappa shape index (κ2) is 7.16. The highest BCUT2D eigenvalue weighted by atomic mass is 15.4. The zero-order valence-corrected chi connectivity index (χ0v) is 18.4. The molecule has 0 amide bonds. The Balaban J connectivity index is 1.86. The highest BCUT2D eigenvalue weighted by Gasteiger charge is 2.23. The molecule has 0 aliphatic rings. The Morgan fingerprint density at radius 1 is 0.903 bits per heavy atom. The summed E-state index contributed by atoms with van der Waals surface area (Å²) in [7, 11) is 0. The third-order valence-corrected chi connectivity index (χ3v) is 4.77. The van der Waals surface area contributed by atoms with E-state index in [1.807, 2.05) is 71.9 Å². The Morgan fingerprint density at radius 2 is 1.58 bits per heavy atom. The molecule has 0 fully saturated rings. The van der Waals surface area contributed by atoms with Crippen LogP contribution in [0.25, 0.3) is 21.9 Å². The van der Waals surface area contributed by atoms with Crippen molar-refractivity contribution in [1.29, 1.82) is 0 Å². The molecule has 158 valence electrons. The highest BCUT2D eigenvalue weighted by molar-refractivity contribution is 5.72. The zero-order valence-electron chi connectivity index (χ0n) is 18.4. The van der Waals surface area contributed by atoms with E-state index in [1.54, 1.807) is 4.52 Å². The van der Waals surface area contributed by atoms with Gasteiger partial charge in [0.1, 0.15) is 0 Å². The molecule has 9 heteroatoms. The van der Waals surface area contributed by atoms with E-state index >= 15 is 0 Å². The van der Waals surface area contributed by atoms with E-state index in [9.17, 15) is 0 Å². The molecule has 0 N–H and O–H groups in total. The molecule has 4 rings (SSSR count). The fourth-order valence-electron chi connectivity index (χ4n) is 3.21. The number of hydrogen-bond donors (Lipinski definition) is 0. The van der Waals surface area contributed by atoms with Gasteiger partial charge in [0.05, 0.1) is 29.5 Å². The molecule has 0 saturated carbocycles. The second-order valence-corrected chi connectivity index (χ2v) is 9.35. The molecule has 4 aromatic rings. The molecule has 0 saturated heterocycles. The summed E-state index contributed by atoms with van der Waals surface area (Å²) in [5.74, 6) is 0.828. The Bertz CT molecular complexity index is 1300. The summed E-state index contributed by atoms with van der Waals surface area (Å²) in [5, 5.41) is 30.4. The second-order valence-electron chi connectivity index (χ2n) is 9.35. The van der Waals surface area contributed by atoms with Gasteiger partial charge in [0.25, 0.3) is 0 Å². The zero-order chi connectivity index (χ0) is 22.4. The molecular weight excluding hydrogens is 390 g/mol. The van der Waals surface area contributed by atoms with E-state index in [2.05, 4.69) is 35.5 Å². The van der Waals surface area contributed by atoms with Crippen molar-refractivity contribution in [3.8, 4) is 11.4 Å². The Labute approximate surface area is 180 Å². The Hall–Kier alpha value is -3.80. The van der Waals surface area contributed by atoms with Crippen LogP contribution in [0.4, 0.5) is 17.2 Å². The summed E-state index contributed by atoms with van der Waals surface area (Å²) in [5.41, 5.74) is 2.96. The van der Waals surface area contributed by atoms with Gasteiger partial charge in [-0.05, 0) is 16.8 Å². The van der Waals surface area contributed by atoms with Crippen molar-refractivity contribution in [2.75, 3.05) is 0 Å². The molecular formula is C22H23N9-2. The maximum Gasteiger partial charge on any atom is 0.210 e. The third kappa shape index (κ3) is 3.61. The highest BCUT2D eigenvalue weighted by Crippen LogP contribution is 2.39. The minimum atomic E-state index is -0.316.